The lowest BCUT2D eigenvalue weighted by Crippen LogP contribution is -1.89. The Bertz CT molecular complexity index is 527. The average Bonchev–Trinajstić information content (AvgIpc) is 2.29. The molecule has 0 atom stereocenters. The maximum atomic E-state index is 13.1. The van der Waals surface area contributed by atoms with Gasteiger partial charge in [-0.3, -0.25) is 0 Å². The Hall–Kier alpha value is -2.49. The highest BCUT2D eigenvalue weighted by Crippen LogP contribution is 2.10. The van der Waals surface area contributed by atoms with E-state index in [2.05, 4.69) is 21.9 Å². The van der Waals surface area contributed by atoms with E-state index in [-0.39, 0.29) is 13.0 Å². The van der Waals surface area contributed by atoms with Gasteiger partial charge in [-0.1, -0.05) is 17.0 Å². The van der Waals surface area contributed by atoms with Gasteiger partial charge >= 0.3 is 0 Å². The number of nitrogens with zero attached hydrogens (tertiary/aromatic N) is 4. The molecule has 0 saturated carbocycles. The van der Waals surface area contributed by atoms with Crippen LogP contribution in [-0.2, 0) is 6.42 Å². The Labute approximate surface area is 91.9 Å². The van der Waals surface area contributed by atoms with Gasteiger partial charge in [-0.25, -0.2) is 4.39 Å². The third-order valence-electron chi connectivity index (χ3n) is 1.76. The van der Waals surface area contributed by atoms with E-state index in [1.807, 2.05) is 6.07 Å². The smallest absolute Gasteiger partial charge is 0.127 e. The Morgan fingerprint density at radius 2 is 2.31 bits per heavy atom. The standard InChI is InChI=1S/C11H7FN4/c12-11-4-3-9(2-1-7-15-16-14)8-10(11)5-6-13/h3-4,8H,5,7H2. The van der Waals surface area contributed by atoms with Crippen molar-refractivity contribution in [3.63, 3.8) is 0 Å². The molecule has 4 nitrogen and oxygen atoms in total. The van der Waals surface area contributed by atoms with Gasteiger partial charge in [0.05, 0.1) is 19.0 Å². The second-order valence-corrected chi connectivity index (χ2v) is 2.83. The lowest BCUT2D eigenvalue weighted by Gasteiger charge is -1.97. The number of hydrogen-bond acceptors (Lipinski definition) is 2. The molecule has 1 aromatic rings. The molecule has 78 valence electrons. The van der Waals surface area contributed by atoms with Crippen LogP contribution in [0.1, 0.15) is 11.1 Å². The minimum atomic E-state index is -0.415. The van der Waals surface area contributed by atoms with Crippen molar-refractivity contribution in [3.05, 3.63) is 45.6 Å². The topological polar surface area (TPSA) is 72.5 Å². The summed E-state index contributed by atoms with van der Waals surface area (Å²) in [6.45, 7) is 0.0709. The second-order valence-electron chi connectivity index (χ2n) is 2.83. The van der Waals surface area contributed by atoms with Gasteiger partial charge in [0.15, 0.2) is 0 Å². The van der Waals surface area contributed by atoms with E-state index in [9.17, 15) is 4.39 Å². The van der Waals surface area contributed by atoms with Crippen molar-refractivity contribution < 1.29 is 4.39 Å². The summed E-state index contributed by atoms with van der Waals surface area (Å²) in [5, 5.41) is 11.7. The van der Waals surface area contributed by atoms with Gasteiger partial charge in [0, 0.05) is 16.0 Å². The SMILES string of the molecule is N#CCc1cc(C#CCN=[N+]=[N-])ccc1F. The summed E-state index contributed by atoms with van der Waals surface area (Å²) in [4.78, 5) is 2.55. The fourth-order valence-corrected chi connectivity index (χ4v) is 1.08. The van der Waals surface area contributed by atoms with Crippen molar-refractivity contribution in [1.29, 1.82) is 5.26 Å². The minimum Gasteiger partial charge on any atom is -0.207 e. The molecule has 16 heavy (non-hydrogen) atoms. The zero-order chi connectivity index (χ0) is 11.8. The van der Waals surface area contributed by atoms with E-state index in [0.717, 1.165) is 0 Å². The van der Waals surface area contributed by atoms with Crippen LogP contribution in [0.2, 0.25) is 0 Å². The summed E-state index contributed by atoms with van der Waals surface area (Å²) in [6, 6.07) is 6.17. The predicted octanol–water partition coefficient (Wildman–Crippen LogP) is 2.55. The van der Waals surface area contributed by atoms with E-state index >= 15 is 0 Å². The van der Waals surface area contributed by atoms with Crippen LogP contribution < -0.4 is 0 Å². The molecule has 0 spiro atoms. The summed E-state index contributed by atoms with van der Waals surface area (Å²) < 4.78 is 13.1. The van der Waals surface area contributed by atoms with E-state index in [0.29, 0.717) is 11.1 Å². The predicted molar refractivity (Wildman–Crippen MR) is 56.6 cm³/mol. The van der Waals surface area contributed by atoms with Crippen molar-refractivity contribution >= 4 is 0 Å². The normalized spacial score (nSPS) is 8.25. The maximum absolute atomic E-state index is 13.1. The van der Waals surface area contributed by atoms with Crippen molar-refractivity contribution in [3.8, 4) is 17.9 Å². The highest BCUT2D eigenvalue weighted by Gasteiger charge is 2.01. The van der Waals surface area contributed by atoms with Gasteiger partial charge in [0.1, 0.15) is 5.82 Å². The molecule has 0 aliphatic heterocycles. The molecule has 0 heterocycles. The molecule has 0 aliphatic carbocycles. The van der Waals surface area contributed by atoms with Crippen LogP contribution in [-0.4, -0.2) is 6.54 Å². The molecule has 1 rings (SSSR count). The zero-order valence-electron chi connectivity index (χ0n) is 8.31. The highest BCUT2D eigenvalue weighted by molar-refractivity contribution is 5.38. The summed E-state index contributed by atoms with van der Waals surface area (Å²) >= 11 is 0. The third kappa shape index (κ3) is 3.34. The van der Waals surface area contributed by atoms with Crippen molar-refractivity contribution in [2.75, 3.05) is 6.54 Å². The largest absolute Gasteiger partial charge is 0.207 e. The Kier molecular flexibility index (Phi) is 4.40. The Morgan fingerprint density at radius 3 is 3.00 bits per heavy atom. The highest BCUT2D eigenvalue weighted by atomic mass is 19.1. The zero-order valence-corrected chi connectivity index (χ0v) is 8.31. The number of rotatable bonds is 2. The van der Waals surface area contributed by atoms with Gasteiger partial charge in [-0.05, 0) is 23.7 Å². The fourth-order valence-electron chi connectivity index (χ4n) is 1.08. The molecular formula is C11H7FN4. The molecule has 0 N–H and O–H groups in total. The molecule has 0 aromatic heterocycles. The van der Waals surface area contributed by atoms with Gasteiger partial charge in [-0.2, -0.15) is 5.26 Å². The van der Waals surface area contributed by atoms with Gasteiger partial charge < -0.3 is 0 Å². The van der Waals surface area contributed by atoms with E-state index in [1.165, 1.54) is 18.2 Å². The number of hydrogen-bond donors (Lipinski definition) is 0. The average molecular weight is 214 g/mol. The number of benzene rings is 1. The molecule has 0 saturated heterocycles. The van der Waals surface area contributed by atoms with Crippen LogP contribution >= 0.6 is 0 Å². The van der Waals surface area contributed by atoms with Crippen LogP contribution in [0, 0.1) is 29.0 Å². The maximum Gasteiger partial charge on any atom is 0.127 e. The first-order valence-electron chi connectivity index (χ1n) is 4.43. The van der Waals surface area contributed by atoms with Crippen molar-refractivity contribution in [2.45, 2.75) is 6.42 Å². The first-order valence-corrected chi connectivity index (χ1v) is 4.43. The molecule has 0 unspecified atom stereocenters. The van der Waals surface area contributed by atoms with E-state index < -0.39 is 5.82 Å². The van der Waals surface area contributed by atoms with Crippen LogP contribution in [0.25, 0.3) is 10.4 Å². The van der Waals surface area contributed by atoms with Gasteiger partial charge in [0.2, 0.25) is 0 Å². The number of halogens is 1. The first-order chi connectivity index (χ1) is 7.77. The monoisotopic (exact) mass is 214 g/mol. The quantitative estimate of drug-likeness (QED) is 0.322. The van der Waals surface area contributed by atoms with Crippen LogP contribution in [0.5, 0.6) is 0 Å². The molecule has 0 amide bonds. The van der Waals surface area contributed by atoms with Crippen LogP contribution in [0.4, 0.5) is 4.39 Å². The minimum absolute atomic E-state index is 0.0116. The van der Waals surface area contributed by atoms with Gasteiger partial charge in [0.25, 0.3) is 0 Å². The summed E-state index contributed by atoms with van der Waals surface area (Å²) in [7, 11) is 0. The Balaban J connectivity index is 2.89. The van der Waals surface area contributed by atoms with E-state index in [1.54, 1.807) is 0 Å². The van der Waals surface area contributed by atoms with Crippen LogP contribution in [0.3, 0.4) is 0 Å². The van der Waals surface area contributed by atoms with Crippen molar-refractivity contribution in [1.82, 2.24) is 0 Å². The molecule has 0 radical (unpaired) electrons. The first kappa shape index (κ1) is 11.6. The molecule has 0 aliphatic rings. The Morgan fingerprint density at radius 1 is 1.50 bits per heavy atom. The fraction of sp³-hybridized carbons (Fsp3) is 0.182. The number of azide groups is 1. The molecule has 1 aromatic carbocycles. The lowest BCUT2D eigenvalue weighted by molar-refractivity contribution is 0.615. The van der Waals surface area contributed by atoms with Crippen molar-refractivity contribution in [2.24, 2.45) is 5.11 Å². The van der Waals surface area contributed by atoms with E-state index in [4.69, 9.17) is 10.8 Å². The molecule has 5 heteroatoms. The third-order valence-corrected chi connectivity index (χ3v) is 1.76. The second kappa shape index (κ2) is 6.08. The summed E-state index contributed by atoms with van der Waals surface area (Å²) in [5.41, 5.74) is 8.93. The molecule has 0 bridgehead atoms. The number of nitriles is 1. The molecular weight excluding hydrogens is 207 g/mol. The molecule has 0 fully saturated rings. The van der Waals surface area contributed by atoms with Crippen LogP contribution in [0.15, 0.2) is 23.3 Å². The summed E-state index contributed by atoms with van der Waals surface area (Å²) in [6.07, 6.45) is 0.0116. The van der Waals surface area contributed by atoms with Gasteiger partial charge in [-0.15, -0.1) is 0 Å². The summed E-state index contributed by atoms with van der Waals surface area (Å²) in [5.74, 6) is 4.92. The lowest BCUT2D eigenvalue weighted by atomic mass is 10.1.